The SMILES string of the molecule is CC1C[C](=[Ru]([Cl])[Cl])c2ccccc21. The molecule has 2 rings (SSSR count). The standard InChI is InChI=1S/C10H10.2ClH.Ru/c1-8-6-7-9-4-2-3-5-10(8)9;;;/h2-5,8H,6H2,1H3;2*1H;/q;;;+2/p-2. The zero-order valence-electron chi connectivity index (χ0n) is 7.20. The molecular weight excluding hydrogens is 292 g/mol. The Balaban J connectivity index is 2.60. The van der Waals surface area contributed by atoms with Crippen LogP contribution in [0.2, 0.25) is 0 Å². The van der Waals surface area contributed by atoms with E-state index >= 15 is 0 Å². The molecule has 0 amide bonds. The fourth-order valence-corrected chi connectivity index (χ4v) is 4.82. The van der Waals surface area contributed by atoms with Crippen LogP contribution in [0.15, 0.2) is 24.3 Å². The van der Waals surface area contributed by atoms with Crippen LogP contribution < -0.4 is 0 Å². The number of hydrogen-bond donors (Lipinski definition) is 0. The fourth-order valence-electron chi connectivity index (χ4n) is 1.78. The molecule has 0 aliphatic heterocycles. The summed E-state index contributed by atoms with van der Waals surface area (Å²) in [7, 11) is 12.1. The zero-order chi connectivity index (χ0) is 9.42. The van der Waals surface area contributed by atoms with Gasteiger partial charge in [0.15, 0.2) is 0 Å². The van der Waals surface area contributed by atoms with Crippen molar-refractivity contribution in [1.82, 2.24) is 0 Å². The van der Waals surface area contributed by atoms with Crippen molar-refractivity contribution in [2.45, 2.75) is 19.3 Å². The molecule has 0 radical (unpaired) electrons. The van der Waals surface area contributed by atoms with Gasteiger partial charge in [0.1, 0.15) is 0 Å². The average molecular weight is 302 g/mol. The van der Waals surface area contributed by atoms with Gasteiger partial charge in [-0.3, -0.25) is 0 Å². The summed E-state index contributed by atoms with van der Waals surface area (Å²) in [4.78, 5) is 0. The molecule has 1 aromatic rings. The van der Waals surface area contributed by atoms with Crippen molar-refractivity contribution in [1.29, 1.82) is 0 Å². The molecule has 0 heterocycles. The second-order valence-corrected chi connectivity index (χ2v) is 9.19. The van der Waals surface area contributed by atoms with Gasteiger partial charge in [0.05, 0.1) is 0 Å². The monoisotopic (exact) mass is 302 g/mol. The number of fused-ring (bicyclic) bond motifs is 1. The first-order valence-corrected chi connectivity index (χ1v) is 9.49. The minimum atomic E-state index is -1.68. The molecule has 0 fully saturated rings. The van der Waals surface area contributed by atoms with Crippen LogP contribution in [-0.4, -0.2) is 4.11 Å². The summed E-state index contributed by atoms with van der Waals surface area (Å²) < 4.78 is 1.32. The molecule has 1 aliphatic rings. The maximum atomic E-state index is 6.05. The van der Waals surface area contributed by atoms with E-state index in [4.69, 9.17) is 19.4 Å². The number of benzene rings is 1. The van der Waals surface area contributed by atoms with E-state index in [9.17, 15) is 0 Å². The molecule has 13 heavy (non-hydrogen) atoms. The van der Waals surface area contributed by atoms with E-state index < -0.39 is 13.5 Å². The number of halogens is 2. The van der Waals surface area contributed by atoms with Crippen LogP contribution >= 0.6 is 19.4 Å². The molecule has 0 saturated heterocycles. The predicted molar refractivity (Wildman–Crippen MR) is 55.3 cm³/mol. The van der Waals surface area contributed by atoms with Crippen LogP contribution in [0.1, 0.15) is 30.4 Å². The van der Waals surface area contributed by atoms with Gasteiger partial charge in [-0.2, -0.15) is 0 Å². The molecule has 1 unspecified atom stereocenters. The summed E-state index contributed by atoms with van der Waals surface area (Å²) in [5.74, 6) is 0.597. The quantitative estimate of drug-likeness (QED) is 0.642. The summed E-state index contributed by atoms with van der Waals surface area (Å²) in [6.07, 6.45) is 1.06. The molecule has 1 aliphatic carbocycles. The van der Waals surface area contributed by atoms with E-state index in [2.05, 4.69) is 31.2 Å². The topological polar surface area (TPSA) is 0 Å². The van der Waals surface area contributed by atoms with E-state index in [1.54, 1.807) is 0 Å². The van der Waals surface area contributed by atoms with Crippen LogP contribution in [0.5, 0.6) is 0 Å². The number of hydrogen-bond acceptors (Lipinski definition) is 0. The van der Waals surface area contributed by atoms with E-state index in [1.807, 2.05) is 0 Å². The first-order chi connectivity index (χ1) is 6.20. The minimum absolute atomic E-state index is 0.597. The van der Waals surface area contributed by atoms with Gasteiger partial charge in [0, 0.05) is 0 Å². The van der Waals surface area contributed by atoms with E-state index in [-0.39, 0.29) is 0 Å². The Labute approximate surface area is 91.4 Å². The van der Waals surface area contributed by atoms with Gasteiger partial charge in [-0.25, -0.2) is 0 Å². The van der Waals surface area contributed by atoms with Gasteiger partial charge in [-0.15, -0.1) is 0 Å². The molecule has 0 bridgehead atoms. The molecule has 0 nitrogen and oxygen atoms in total. The average Bonchev–Trinajstić information content (AvgIpc) is 2.45. The van der Waals surface area contributed by atoms with Crippen LogP contribution in [-0.2, 0) is 13.5 Å². The second kappa shape index (κ2) is 3.81. The van der Waals surface area contributed by atoms with Gasteiger partial charge in [-0.05, 0) is 0 Å². The van der Waals surface area contributed by atoms with Crippen LogP contribution in [0.25, 0.3) is 0 Å². The maximum absolute atomic E-state index is 6.05. The van der Waals surface area contributed by atoms with Crippen LogP contribution in [0, 0.1) is 0 Å². The molecule has 1 atom stereocenters. The Hall–Kier alpha value is 0.293. The van der Waals surface area contributed by atoms with Crippen LogP contribution in [0.4, 0.5) is 0 Å². The zero-order valence-corrected chi connectivity index (χ0v) is 10.5. The third kappa shape index (κ3) is 1.75. The van der Waals surface area contributed by atoms with Gasteiger partial charge in [0.25, 0.3) is 0 Å². The van der Waals surface area contributed by atoms with Crippen molar-refractivity contribution in [2.75, 3.05) is 0 Å². The summed E-state index contributed by atoms with van der Waals surface area (Å²) in [5, 5.41) is 0. The normalized spacial score (nSPS) is 21.6. The molecular formula is C10H10Cl2Ru. The Morgan fingerprint density at radius 1 is 1.31 bits per heavy atom. The molecule has 1 aromatic carbocycles. The molecule has 0 N–H and O–H groups in total. The van der Waals surface area contributed by atoms with E-state index in [1.165, 1.54) is 15.2 Å². The van der Waals surface area contributed by atoms with Crippen molar-refractivity contribution in [3.63, 3.8) is 0 Å². The Morgan fingerprint density at radius 2 is 2.00 bits per heavy atom. The second-order valence-electron chi connectivity index (χ2n) is 3.27. The first kappa shape index (κ1) is 9.83. The predicted octanol–water partition coefficient (Wildman–Crippen LogP) is 3.64. The summed E-state index contributed by atoms with van der Waals surface area (Å²) in [6, 6.07) is 8.46. The van der Waals surface area contributed by atoms with Crippen molar-refractivity contribution < 1.29 is 13.5 Å². The third-order valence-electron chi connectivity index (χ3n) is 2.42. The Bertz CT molecular complexity index is 367. The van der Waals surface area contributed by atoms with E-state index in [0.717, 1.165) is 6.42 Å². The van der Waals surface area contributed by atoms with E-state index in [0.29, 0.717) is 5.92 Å². The molecule has 0 aromatic heterocycles. The Kier molecular flexibility index (Phi) is 2.88. The van der Waals surface area contributed by atoms with Crippen molar-refractivity contribution in [3.8, 4) is 0 Å². The van der Waals surface area contributed by atoms with Crippen molar-refractivity contribution >= 4 is 23.5 Å². The number of rotatable bonds is 0. The summed E-state index contributed by atoms with van der Waals surface area (Å²) >= 11 is -1.68. The van der Waals surface area contributed by atoms with Gasteiger partial charge in [0.2, 0.25) is 0 Å². The third-order valence-corrected chi connectivity index (χ3v) is 5.94. The van der Waals surface area contributed by atoms with Gasteiger partial charge in [-0.1, -0.05) is 0 Å². The van der Waals surface area contributed by atoms with Gasteiger partial charge >= 0.3 is 91.7 Å². The molecule has 0 saturated carbocycles. The molecule has 0 spiro atoms. The van der Waals surface area contributed by atoms with Crippen LogP contribution in [0.3, 0.4) is 0 Å². The first-order valence-electron chi connectivity index (χ1n) is 4.15. The fraction of sp³-hybridized carbons (Fsp3) is 0.300. The van der Waals surface area contributed by atoms with Crippen molar-refractivity contribution in [2.24, 2.45) is 0 Å². The summed E-state index contributed by atoms with van der Waals surface area (Å²) in [6.45, 7) is 2.23. The van der Waals surface area contributed by atoms with Gasteiger partial charge < -0.3 is 0 Å². The van der Waals surface area contributed by atoms with Crippen molar-refractivity contribution in [3.05, 3.63) is 35.4 Å². The summed E-state index contributed by atoms with van der Waals surface area (Å²) in [5.41, 5.74) is 2.73. The Morgan fingerprint density at radius 3 is 2.69 bits per heavy atom. The molecule has 72 valence electrons. The molecule has 3 heteroatoms.